The van der Waals surface area contributed by atoms with E-state index < -0.39 is 24.0 Å². The van der Waals surface area contributed by atoms with Crippen molar-refractivity contribution >= 4 is 23.5 Å². The Hall–Kier alpha value is -3.86. The number of morpholine rings is 1. The summed E-state index contributed by atoms with van der Waals surface area (Å²) >= 11 is 0. The number of hydrogen-bond donors (Lipinski definition) is 4. The molecule has 1 saturated heterocycles. The molecule has 50 heavy (non-hydrogen) atoms. The minimum atomic E-state index is -0.906. The van der Waals surface area contributed by atoms with E-state index in [1.54, 1.807) is 6.92 Å². The third-order valence-corrected chi connectivity index (χ3v) is 8.77. The molecule has 0 saturated carbocycles. The van der Waals surface area contributed by atoms with Crippen molar-refractivity contribution in [2.75, 3.05) is 39.4 Å². The van der Waals surface area contributed by atoms with Crippen molar-refractivity contribution < 1.29 is 23.9 Å². The number of amides is 3. The van der Waals surface area contributed by atoms with Gasteiger partial charge in [-0.05, 0) is 61.1 Å². The fourth-order valence-corrected chi connectivity index (χ4v) is 6.09. The number of nitrogens with zero attached hydrogens (tertiary/aromatic N) is 1. The van der Waals surface area contributed by atoms with Crippen LogP contribution in [-0.4, -0.2) is 92.0 Å². The highest BCUT2D eigenvalue weighted by Gasteiger charge is 2.30. The molecule has 0 spiro atoms. The molecule has 1 heterocycles. The maximum absolute atomic E-state index is 14.0. The summed E-state index contributed by atoms with van der Waals surface area (Å²) in [5.41, 5.74) is 2.43. The molecule has 1 fully saturated rings. The van der Waals surface area contributed by atoms with Crippen molar-refractivity contribution in [2.24, 2.45) is 11.8 Å². The SMILES string of the molecule is C=C(C)C(=O)[C@H](CC(C)C)NC(=O)[C@H](Cc1ccccc1)NC(=O)[C@H](CC(C)C)NC[C@H](CCc1ccccc1)NC(=O)CN1CCOCC1. The second-order valence-electron chi connectivity index (χ2n) is 14.4. The van der Waals surface area contributed by atoms with Crippen LogP contribution in [0.1, 0.15) is 65.0 Å². The van der Waals surface area contributed by atoms with Crippen LogP contribution in [0, 0.1) is 11.8 Å². The Kier molecular flexibility index (Phi) is 17.3. The summed E-state index contributed by atoms with van der Waals surface area (Å²) in [6.07, 6.45) is 2.71. The number of carbonyl (C=O) groups is 4. The predicted molar refractivity (Wildman–Crippen MR) is 198 cm³/mol. The topological polar surface area (TPSA) is 129 Å². The summed E-state index contributed by atoms with van der Waals surface area (Å²) < 4.78 is 5.43. The molecule has 1 aliphatic heterocycles. The first kappa shape index (κ1) is 40.6. The molecule has 274 valence electrons. The first-order valence-electron chi connectivity index (χ1n) is 18.1. The van der Waals surface area contributed by atoms with Crippen LogP contribution in [0.15, 0.2) is 72.8 Å². The van der Waals surface area contributed by atoms with Crippen LogP contribution in [-0.2, 0) is 36.8 Å². The van der Waals surface area contributed by atoms with E-state index in [0.717, 1.165) is 12.0 Å². The molecule has 2 aromatic carbocycles. The standard InChI is InChI=1S/C40H59N5O5/c1-28(2)23-34(38(47)30(5)6)43-40(49)36(25-32-15-11-8-12-16-32)44-39(48)35(24-29(3)4)41-26-33(18-17-31-13-9-7-10-14-31)42-37(46)27-45-19-21-50-22-20-45/h7-16,28-29,33-36,41H,5,17-27H2,1-4,6H3,(H,42,46)(H,43,49)(H,44,48)/t33-,34-,35-,36-/m0/s1. The Balaban J connectivity index is 1.76. The zero-order valence-electron chi connectivity index (χ0n) is 30.7. The van der Waals surface area contributed by atoms with Gasteiger partial charge in [0.15, 0.2) is 5.78 Å². The van der Waals surface area contributed by atoms with Gasteiger partial charge in [0.2, 0.25) is 17.7 Å². The summed E-state index contributed by atoms with van der Waals surface area (Å²) in [6, 6.07) is 17.2. The first-order chi connectivity index (χ1) is 23.9. The molecule has 0 bridgehead atoms. The molecular weight excluding hydrogens is 630 g/mol. The van der Waals surface area contributed by atoms with Gasteiger partial charge < -0.3 is 26.0 Å². The Morgan fingerprint density at radius 3 is 1.88 bits per heavy atom. The Morgan fingerprint density at radius 2 is 1.30 bits per heavy atom. The number of carbonyl (C=O) groups excluding carboxylic acids is 4. The Labute approximate surface area is 299 Å². The van der Waals surface area contributed by atoms with Crippen LogP contribution < -0.4 is 21.3 Å². The zero-order valence-corrected chi connectivity index (χ0v) is 30.7. The van der Waals surface area contributed by atoms with Gasteiger partial charge in [0.25, 0.3) is 0 Å². The average Bonchev–Trinajstić information content (AvgIpc) is 3.08. The van der Waals surface area contributed by atoms with Crippen LogP contribution in [0.25, 0.3) is 0 Å². The second-order valence-corrected chi connectivity index (χ2v) is 14.4. The van der Waals surface area contributed by atoms with E-state index in [-0.39, 0.29) is 41.9 Å². The average molecular weight is 690 g/mol. The minimum absolute atomic E-state index is 0.0588. The normalized spacial score (nSPS) is 15.9. The molecule has 0 radical (unpaired) electrons. The number of rotatable bonds is 21. The van der Waals surface area contributed by atoms with Gasteiger partial charge in [-0.15, -0.1) is 0 Å². The number of nitrogens with one attached hydrogen (secondary N) is 4. The lowest BCUT2D eigenvalue weighted by atomic mass is 9.96. The molecule has 3 amide bonds. The fourth-order valence-electron chi connectivity index (χ4n) is 6.09. The maximum Gasteiger partial charge on any atom is 0.243 e. The highest BCUT2D eigenvalue weighted by Crippen LogP contribution is 2.13. The summed E-state index contributed by atoms with van der Waals surface area (Å²) in [4.78, 5) is 56.1. The largest absolute Gasteiger partial charge is 0.379 e. The molecule has 4 atom stereocenters. The zero-order chi connectivity index (χ0) is 36.5. The molecule has 4 N–H and O–H groups in total. The fraction of sp³-hybridized carbons (Fsp3) is 0.550. The minimum Gasteiger partial charge on any atom is -0.379 e. The van der Waals surface area contributed by atoms with Gasteiger partial charge in [-0.3, -0.25) is 24.1 Å². The van der Waals surface area contributed by atoms with Crippen LogP contribution in [0.2, 0.25) is 0 Å². The van der Waals surface area contributed by atoms with Gasteiger partial charge in [0.1, 0.15) is 6.04 Å². The van der Waals surface area contributed by atoms with Gasteiger partial charge in [0.05, 0.1) is 31.8 Å². The van der Waals surface area contributed by atoms with Crippen LogP contribution in [0.3, 0.4) is 0 Å². The monoisotopic (exact) mass is 689 g/mol. The summed E-state index contributed by atoms with van der Waals surface area (Å²) in [5.74, 6) is -0.647. The lowest BCUT2D eigenvalue weighted by molar-refractivity contribution is -0.132. The molecule has 10 nitrogen and oxygen atoms in total. The molecule has 0 aromatic heterocycles. The Morgan fingerprint density at radius 1 is 0.760 bits per heavy atom. The lowest BCUT2D eigenvalue weighted by Gasteiger charge is -2.29. The molecule has 1 aliphatic rings. The number of Topliss-reactive ketones (excluding diaryl/α,β-unsaturated/α-hetero) is 1. The van der Waals surface area contributed by atoms with Crippen molar-refractivity contribution in [3.8, 4) is 0 Å². The number of aryl methyl sites for hydroxylation is 1. The smallest absolute Gasteiger partial charge is 0.243 e. The molecule has 0 aliphatic carbocycles. The Bertz CT molecular complexity index is 1360. The quantitative estimate of drug-likeness (QED) is 0.147. The summed E-state index contributed by atoms with van der Waals surface area (Å²) in [7, 11) is 0. The van der Waals surface area contributed by atoms with E-state index in [9.17, 15) is 19.2 Å². The van der Waals surface area contributed by atoms with Crippen molar-refractivity contribution in [3.63, 3.8) is 0 Å². The number of hydrogen-bond acceptors (Lipinski definition) is 7. The lowest BCUT2D eigenvalue weighted by Crippen LogP contribution is -2.57. The van der Waals surface area contributed by atoms with E-state index >= 15 is 0 Å². The van der Waals surface area contributed by atoms with E-state index in [1.165, 1.54) is 5.56 Å². The number of ether oxygens (including phenoxy) is 1. The van der Waals surface area contributed by atoms with Gasteiger partial charge in [-0.2, -0.15) is 0 Å². The van der Waals surface area contributed by atoms with Gasteiger partial charge in [-0.1, -0.05) is 94.9 Å². The van der Waals surface area contributed by atoms with E-state index in [1.807, 2.05) is 76.2 Å². The van der Waals surface area contributed by atoms with Crippen molar-refractivity contribution in [1.29, 1.82) is 0 Å². The van der Waals surface area contributed by atoms with E-state index in [0.29, 0.717) is 64.2 Å². The third-order valence-electron chi connectivity index (χ3n) is 8.77. The van der Waals surface area contributed by atoms with E-state index in [4.69, 9.17) is 4.74 Å². The van der Waals surface area contributed by atoms with Crippen LogP contribution >= 0.6 is 0 Å². The third kappa shape index (κ3) is 14.9. The van der Waals surface area contributed by atoms with Crippen LogP contribution in [0.4, 0.5) is 0 Å². The maximum atomic E-state index is 14.0. The number of ketones is 1. The van der Waals surface area contributed by atoms with Crippen LogP contribution in [0.5, 0.6) is 0 Å². The second kappa shape index (κ2) is 21.4. The molecule has 3 rings (SSSR count). The van der Waals surface area contributed by atoms with Crippen molar-refractivity contribution in [3.05, 3.63) is 83.9 Å². The summed E-state index contributed by atoms with van der Waals surface area (Å²) in [5, 5.41) is 12.6. The van der Waals surface area contributed by atoms with Gasteiger partial charge in [-0.25, -0.2) is 0 Å². The molecule has 10 heteroatoms. The van der Waals surface area contributed by atoms with Gasteiger partial charge >= 0.3 is 0 Å². The van der Waals surface area contributed by atoms with Crippen molar-refractivity contribution in [1.82, 2.24) is 26.2 Å². The highest BCUT2D eigenvalue weighted by molar-refractivity contribution is 6.01. The molecule has 0 unspecified atom stereocenters. The number of benzene rings is 2. The van der Waals surface area contributed by atoms with Gasteiger partial charge in [0, 0.05) is 32.1 Å². The molecule has 2 aromatic rings. The molecular formula is C40H59N5O5. The first-order valence-corrected chi connectivity index (χ1v) is 18.1. The summed E-state index contributed by atoms with van der Waals surface area (Å²) in [6.45, 7) is 16.9. The van der Waals surface area contributed by atoms with Crippen molar-refractivity contribution in [2.45, 2.75) is 90.9 Å². The predicted octanol–water partition coefficient (Wildman–Crippen LogP) is 3.84. The highest BCUT2D eigenvalue weighted by atomic mass is 16.5. The van der Waals surface area contributed by atoms with E-state index in [2.05, 4.69) is 44.9 Å².